The van der Waals surface area contributed by atoms with Crippen molar-refractivity contribution in [3.63, 3.8) is 0 Å². The molecule has 168 valence electrons. The van der Waals surface area contributed by atoms with Gasteiger partial charge in [-0.3, -0.25) is 14.5 Å². The summed E-state index contributed by atoms with van der Waals surface area (Å²) in [4.78, 5) is 38.6. The predicted octanol–water partition coefficient (Wildman–Crippen LogP) is 1.80. The van der Waals surface area contributed by atoms with Gasteiger partial charge in [0.2, 0.25) is 0 Å². The van der Waals surface area contributed by atoms with Gasteiger partial charge in [-0.1, -0.05) is 17.7 Å². The van der Waals surface area contributed by atoms with Crippen molar-refractivity contribution in [2.75, 3.05) is 45.2 Å². The number of anilines is 1. The van der Waals surface area contributed by atoms with Crippen molar-refractivity contribution in [3.8, 4) is 5.88 Å². The van der Waals surface area contributed by atoms with E-state index in [1.165, 1.54) is 13.2 Å². The standard InChI is InChI=1S/C21H22ClFN6O3/c1-24-19(30)14-5-6-15(18(22)25-14)29-9-7-28(8-10-29)11-12-3-4-13-17(16(12)23)27-20(31)21(26-13)32-2/h3-6H,7-11H2,1-2H3,(H,24,30)(H,27,31)/i1D3. The Morgan fingerprint density at radius 3 is 2.75 bits per heavy atom. The Morgan fingerprint density at radius 1 is 1.28 bits per heavy atom. The topological polar surface area (TPSA) is 103 Å². The molecule has 1 aliphatic rings. The summed E-state index contributed by atoms with van der Waals surface area (Å²) in [6.45, 7) is 0.0757. The zero-order valence-corrected chi connectivity index (χ0v) is 17.9. The highest BCUT2D eigenvalue weighted by atomic mass is 35.5. The Hall–Kier alpha value is -3.24. The van der Waals surface area contributed by atoms with E-state index in [9.17, 15) is 9.59 Å². The molecule has 2 aromatic heterocycles. The fraction of sp³-hybridized carbons (Fsp3) is 0.333. The van der Waals surface area contributed by atoms with E-state index >= 15 is 4.39 Å². The number of aromatic nitrogens is 3. The molecule has 0 spiro atoms. The average Bonchev–Trinajstić information content (AvgIpc) is 2.80. The summed E-state index contributed by atoms with van der Waals surface area (Å²) in [6.07, 6.45) is 0. The molecule has 32 heavy (non-hydrogen) atoms. The molecule has 0 unspecified atom stereocenters. The Kier molecular flexibility index (Phi) is 5.21. The molecule has 1 aliphatic heterocycles. The Labute approximate surface area is 192 Å². The van der Waals surface area contributed by atoms with Crippen LogP contribution in [0.25, 0.3) is 11.0 Å². The second kappa shape index (κ2) is 9.09. The second-order valence-electron chi connectivity index (χ2n) is 7.23. The number of amides is 1. The highest BCUT2D eigenvalue weighted by Crippen LogP contribution is 2.26. The van der Waals surface area contributed by atoms with E-state index in [2.05, 4.69) is 19.9 Å². The molecule has 11 heteroatoms. The summed E-state index contributed by atoms with van der Waals surface area (Å²) < 4.78 is 41.3. The number of aromatic amines is 1. The van der Waals surface area contributed by atoms with Gasteiger partial charge in [0.1, 0.15) is 11.2 Å². The van der Waals surface area contributed by atoms with Crippen molar-refractivity contribution in [2.45, 2.75) is 6.54 Å². The number of carbonyl (C=O) groups is 1. The molecule has 4 rings (SSSR count). The van der Waals surface area contributed by atoms with Crippen molar-refractivity contribution in [2.24, 2.45) is 0 Å². The largest absolute Gasteiger partial charge is 0.477 e. The smallest absolute Gasteiger partial charge is 0.311 e. The van der Waals surface area contributed by atoms with E-state index in [0.717, 1.165) is 0 Å². The van der Waals surface area contributed by atoms with Crippen molar-refractivity contribution in [3.05, 3.63) is 56.8 Å². The first kappa shape index (κ1) is 18.3. The summed E-state index contributed by atoms with van der Waals surface area (Å²) in [5.41, 5.74) is 0.685. The van der Waals surface area contributed by atoms with Gasteiger partial charge >= 0.3 is 5.56 Å². The van der Waals surface area contributed by atoms with Crippen LogP contribution in [0.5, 0.6) is 5.88 Å². The van der Waals surface area contributed by atoms with Crippen molar-refractivity contribution in [1.29, 1.82) is 0 Å². The lowest BCUT2D eigenvalue weighted by Crippen LogP contribution is -2.46. The van der Waals surface area contributed by atoms with E-state index in [0.29, 0.717) is 49.5 Å². The number of halogens is 2. The van der Waals surface area contributed by atoms with E-state index < -0.39 is 24.3 Å². The minimum absolute atomic E-state index is 0.0346. The first-order valence-corrected chi connectivity index (χ1v) is 10.2. The number of ether oxygens (including phenoxy) is 1. The van der Waals surface area contributed by atoms with Crippen LogP contribution in [-0.2, 0) is 6.54 Å². The van der Waals surface area contributed by atoms with E-state index in [4.69, 9.17) is 20.5 Å². The second-order valence-corrected chi connectivity index (χ2v) is 7.59. The molecule has 1 aromatic carbocycles. The van der Waals surface area contributed by atoms with Crippen molar-refractivity contribution >= 4 is 34.2 Å². The maximum Gasteiger partial charge on any atom is 0.311 e. The number of piperazine rings is 1. The average molecular weight is 464 g/mol. The molecule has 3 aromatic rings. The number of methoxy groups -OCH3 is 1. The Morgan fingerprint density at radius 2 is 2.06 bits per heavy atom. The molecule has 0 aliphatic carbocycles. The third-order valence-corrected chi connectivity index (χ3v) is 5.61. The lowest BCUT2D eigenvalue weighted by Gasteiger charge is -2.36. The lowest BCUT2D eigenvalue weighted by atomic mass is 10.1. The fourth-order valence-electron chi connectivity index (χ4n) is 3.65. The zero-order chi connectivity index (χ0) is 25.3. The van der Waals surface area contributed by atoms with Gasteiger partial charge < -0.3 is 19.9 Å². The molecule has 2 N–H and O–H groups in total. The number of rotatable bonds is 5. The maximum absolute atomic E-state index is 15.1. The van der Waals surface area contributed by atoms with Crippen LogP contribution in [0.1, 0.15) is 20.2 Å². The Bertz CT molecular complexity index is 1330. The van der Waals surface area contributed by atoms with Crippen LogP contribution < -0.4 is 20.5 Å². The monoisotopic (exact) mass is 463 g/mol. The first-order valence-electron chi connectivity index (χ1n) is 11.3. The molecule has 0 atom stereocenters. The van der Waals surface area contributed by atoms with Gasteiger partial charge in [-0.25, -0.2) is 14.4 Å². The number of hydrogen-bond donors (Lipinski definition) is 2. The van der Waals surface area contributed by atoms with E-state index in [1.54, 1.807) is 18.2 Å². The van der Waals surface area contributed by atoms with Gasteiger partial charge in [0.15, 0.2) is 11.0 Å². The molecular weight excluding hydrogens is 439 g/mol. The van der Waals surface area contributed by atoms with E-state index in [-0.39, 0.29) is 22.2 Å². The number of H-pyrrole nitrogens is 1. The third-order valence-electron chi connectivity index (χ3n) is 5.33. The number of fused-ring (bicyclic) bond motifs is 1. The molecule has 1 amide bonds. The quantitative estimate of drug-likeness (QED) is 0.556. The summed E-state index contributed by atoms with van der Waals surface area (Å²) in [6, 6.07) is 6.32. The summed E-state index contributed by atoms with van der Waals surface area (Å²) in [5.74, 6) is -1.49. The third kappa shape index (κ3) is 4.23. The first-order chi connectivity index (χ1) is 16.6. The molecule has 1 saturated heterocycles. The summed E-state index contributed by atoms with van der Waals surface area (Å²) in [7, 11) is 1.32. The zero-order valence-electron chi connectivity index (χ0n) is 20.1. The summed E-state index contributed by atoms with van der Waals surface area (Å²) >= 11 is 6.27. The summed E-state index contributed by atoms with van der Waals surface area (Å²) in [5, 5.41) is 1.96. The van der Waals surface area contributed by atoms with Gasteiger partial charge in [0.25, 0.3) is 11.8 Å². The highest BCUT2D eigenvalue weighted by molar-refractivity contribution is 6.32. The lowest BCUT2D eigenvalue weighted by molar-refractivity contribution is 0.0958. The number of pyridine rings is 1. The molecule has 0 radical (unpaired) electrons. The maximum atomic E-state index is 15.1. The van der Waals surface area contributed by atoms with E-state index in [1.807, 2.05) is 10.2 Å². The molecular formula is C21H22ClFN6O3. The molecule has 0 bridgehead atoms. The number of benzene rings is 1. The fourth-order valence-corrected chi connectivity index (χ4v) is 3.92. The molecule has 9 nitrogen and oxygen atoms in total. The van der Waals surface area contributed by atoms with Crippen LogP contribution in [0.2, 0.25) is 5.15 Å². The molecule has 1 fully saturated rings. The predicted molar refractivity (Wildman–Crippen MR) is 119 cm³/mol. The number of nitrogens with zero attached hydrogens (tertiary/aromatic N) is 4. The number of carbonyl (C=O) groups excluding carboxylic acids is 1. The minimum atomic E-state index is -2.62. The highest BCUT2D eigenvalue weighted by Gasteiger charge is 2.22. The normalized spacial score (nSPS) is 16.3. The van der Waals surface area contributed by atoms with Gasteiger partial charge in [0, 0.05) is 49.4 Å². The molecule has 3 heterocycles. The van der Waals surface area contributed by atoms with Crippen LogP contribution in [-0.4, -0.2) is 66.0 Å². The van der Waals surface area contributed by atoms with Gasteiger partial charge in [-0.15, -0.1) is 0 Å². The van der Waals surface area contributed by atoms with Crippen molar-refractivity contribution in [1.82, 2.24) is 25.2 Å². The van der Waals surface area contributed by atoms with Gasteiger partial charge in [-0.05, 0) is 18.2 Å². The molecule has 0 saturated carbocycles. The van der Waals surface area contributed by atoms with Crippen LogP contribution in [0.4, 0.5) is 10.1 Å². The number of nitrogens with one attached hydrogen (secondary N) is 2. The van der Waals surface area contributed by atoms with Gasteiger partial charge in [0.05, 0.1) is 18.3 Å². The van der Waals surface area contributed by atoms with Crippen molar-refractivity contribution < 1.29 is 18.0 Å². The Balaban J connectivity index is 1.42. The van der Waals surface area contributed by atoms with Crippen LogP contribution >= 0.6 is 11.6 Å². The van der Waals surface area contributed by atoms with Crippen LogP contribution in [0, 0.1) is 5.82 Å². The SMILES string of the molecule is [2H]C([2H])([2H])NC(=O)c1ccc(N2CCN(Cc3ccc4nc(OC)c(=O)[nH]c4c3F)CC2)c(Cl)n1. The van der Waals surface area contributed by atoms with Crippen LogP contribution in [0.3, 0.4) is 0 Å². The van der Waals surface area contributed by atoms with Crippen LogP contribution in [0.15, 0.2) is 29.1 Å². The minimum Gasteiger partial charge on any atom is -0.477 e. The van der Waals surface area contributed by atoms with Gasteiger partial charge in [-0.2, -0.15) is 0 Å². The number of hydrogen-bond acceptors (Lipinski definition) is 7.